The summed E-state index contributed by atoms with van der Waals surface area (Å²) in [6.07, 6.45) is 8.31. The lowest BCUT2D eigenvalue weighted by atomic mass is 10.2. The summed E-state index contributed by atoms with van der Waals surface area (Å²) in [6.45, 7) is 4.37. The van der Waals surface area contributed by atoms with E-state index in [0.717, 1.165) is 6.42 Å². The van der Waals surface area contributed by atoms with E-state index in [0.29, 0.717) is 0 Å². The second-order valence-corrected chi connectivity index (χ2v) is 2.60. The maximum atomic E-state index is 2.24. The Morgan fingerprint density at radius 2 is 2.22 bits per heavy atom. The molecule has 0 heterocycles. The largest absolute Gasteiger partial charge is 0.0845 e. The van der Waals surface area contributed by atoms with E-state index >= 15 is 0 Å². The van der Waals surface area contributed by atoms with Crippen LogP contribution in [0.5, 0.6) is 0 Å². The van der Waals surface area contributed by atoms with Gasteiger partial charge in [-0.2, -0.15) is 0 Å². The van der Waals surface area contributed by atoms with Crippen LogP contribution in [0.15, 0.2) is 23.3 Å². The Labute approximate surface area is 57.3 Å². The van der Waals surface area contributed by atoms with E-state index in [9.17, 15) is 0 Å². The minimum Gasteiger partial charge on any atom is -0.0845 e. The van der Waals surface area contributed by atoms with Gasteiger partial charge >= 0.3 is 0 Å². The summed E-state index contributed by atoms with van der Waals surface area (Å²) >= 11 is 0. The van der Waals surface area contributed by atoms with E-state index in [-0.39, 0.29) is 0 Å². The van der Waals surface area contributed by atoms with Crippen LogP contribution in [0.4, 0.5) is 0 Å². The normalized spacial score (nSPS) is 16.9. The van der Waals surface area contributed by atoms with Gasteiger partial charge in [-0.3, -0.25) is 0 Å². The lowest BCUT2D eigenvalue weighted by molar-refractivity contribution is 1.22. The zero-order valence-corrected chi connectivity index (χ0v) is 6.28. The molecule has 0 aromatic heterocycles. The summed E-state index contributed by atoms with van der Waals surface area (Å²) in [4.78, 5) is 0. The molecular formula is C9H14. The predicted molar refractivity (Wildman–Crippen MR) is 41.4 cm³/mol. The highest BCUT2D eigenvalue weighted by Crippen LogP contribution is 2.31. The SMILES string of the molecule is CC/C=C/C(C)=C1CC1. The lowest BCUT2D eigenvalue weighted by Crippen LogP contribution is -1.64. The van der Waals surface area contributed by atoms with Crippen LogP contribution < -0.4 is 0 Å². The molecule has 50 valence electrons. The first-order chi connectivity index (χ1) is 4.34. The zero-order valence-electron chi connectivity index (χ0n) is 6.28. The first kappa shape index (κ1) is 6.60. The molecule has 1 aliphatic carbocycles. The van der Waals surface area contributed by atoms with Gasteiger partial charge in [0.2, 0.25) is 0 Å². The molecule has 0 atom stereocenters. The van der Waals surface area contributed by atoms with Crippen molar-refractivity contribution >= 4 is 0 Å². The van der Waals surface area contributed by atoms with Crippen LogP contribution in [0.25, 0.3) is 0 Å². The third-order valence-corrected chi connectivity index (χ3v) is 1.66. The summed E-state index contributed by atoms with van der Waals surface area (Å²) < 4.78 is 0. The Morgan fingerprint density at radius 3 is 2.67 bits per heavy atom. The summed E-state index contributed by atoms with van der Waals surface area (Å²) in [6, 6.07) is 0. The summed E-state index contributed by atoms with van der Waals surface area (Å²) in [5.74, 6) is 0. The molecule has 0 bridgehead atoms. The van der Waals surface area contributed by atoms with Crippen molar-refractivity contribution < 1.29 is 0 Å². The molecule has 1 saturated carbocycles. The third kappa shape index (κ3) is 2.05. The summed E-state index contributed by atoms with van der Waals surface area (Å²) in [5.41, 5.74) is 3.15. The molecule has 0 amide bonds. The van der Waals surface area contributed by atoms with Gasteiger partial charge in [-0.1, -0.05) is 30.2 Å². The molecule has 0 aromatic carbocycles. The number of allylic oxidation sites excluding steroid dienone is 4. The van der Waals surface area contributed by atoms with Crippen LogP contribution in [-0.4, -0.2) is 0 Å². The third-order valence-electron chi connectivity index (χ3n) is 1.66. The molecular weight excluding hydrogens is 108 g/mol. The van der Waals surface area contributed by atoms with Crippen molar-refractivity contribution in [2.45, 2.75) is 33.1 Å². The molecule has 0 radical (unpaired) electrons. The summed E-state index contributed by atoms with van der Waals surface area (Å²) in [5, 5.41) is 0. The summed E-state index contributed by atoms with van der Waals surface area (Å²) in [7, 11) is 0. The van der Waals surface area contributed by atoms with Gasteiger partial charge in [0, 0.05) is 0 Å². The molecule has 0 heteroatoms. The average molecular weight is 122 g/mol. The molecule has 1 rings (SSSR count). The maximum Gasteiger partial charge on any atom is -0.0277 e. The molecule has 9 heavy (non-hydrogen) atoms. The zero-order chi connectivity index (χ0) is 6.69. The second kappa shape index (κ2) is 2.86. The van der Waals surface area contributed by atoms with Gasteiger partial charge in [0.15, 0.2) is 0 Å². The standard InChI is InChI=1S/C9H14/c1-3-4-5-8(2)9-6-7-9/h4-5H,3,6-7H2,1-2H3/b5-4+. The van der Waals surface area contributed by atoms with Gasteiger partial charge < -0.3 is 0 Å². The van der Waals surface area contributed by atoms with Gasteiger partial charge in [0.25, 0.3) is 0 Å². The van der Waals surface area contributed by atoms with Crippen LogP contribution in [-0.2, 0) is 0 Å². The minimum atomic E-state index is 1.16. The Kier molecular flexibility index (Phi) is 2.10. The molecule has 1 fully saturated rings. The smallest absolute Gasteiger partial charge is 0.0277 e. The number of rotatable bonds is 2. The van der Waals surface area contributed by atoms with E-state index in [4.69, 9.17) is 0 Å². The molecule has 1 aliphatic rings. The fourth-order valence-corrected chi connectivity index (χ4v) is 0.869. The van der Waals surface area contributed by atoms with Crippen LogP contribution in [0.3, 0.4) is 0 Å². The Morgan fingerprint density at radius 1 is 1.56 bits per heavy atom. The molecule has 0 spiro atoms. The van der Waals surface area contributed by atoms with Gasteiger partial charge in [-0.15, -0.1) is 0 Å². The highest BCUT2D eigenvalue weighted by molar-refractivity contribution is 5.31. The van der Waals surface area contributed by atoms with Crippen LogP contribution >= 0.6 is 0 Å². The van der Waals surface area contributed by atoms with Crippen LogP contribution in [0, 0.1) is 0 Å². The van der Waals surface area contributed by atoms with Gasteiger partial charge in [-0.25, -0.2) is 0 Å². The molecule has 0 aromatic rings. The fourth-order valence-electron chi connectivity index (χ4n) is 0.869. The molecule has 0 aliphatic heterocycles. The first-order valence-electron chi connectivity index (χ1n) is 3.69. The van der Waals surface area contributed by atoms with E-state index in [2.05, 4.69) is 26.0 Å². The van der Waals surface area contributed by atoms with Crippen molar-refractivity contribution in [2.75, 3.05) is 0 Å². The van der Waals surface area contributed by atoms with E-state index in [1.54, 1.807) is 5.57 Å². The van der Waals surface area contributed by atoms with Gasteiger partial charge in [0.05, 0.1) is 0 Å². The lowest BCUT2D eigenvalue weighted by Gasteiger charge is -1.85. The quantitative estimate of drug-likeness (QED) is 0.528. The second-order valence-electron chi connectivity index (χ2n) is 2.60. The molecule has 0 unspecified atom stereocenters. The van der Waals surface area contributed by atoms with Crippen molar-refractivity contribution in [3.63, 3.8) is 0 Å². The van der Waals surface area contributed by atoms with Crippen LogP contribution in [0.1, 0.15) is 33.1 Å². The molecule has 0 nitrogen and oxygen atoms in total. The maximum absolute atomic E-state index is 2.24. The molecule has 0 saturated heterocycles. The van der Waals surface area contributed by atoms with E-state index in [1.807, 2.05) is 0 Å². The van der Waals surface area contributed by atoms with Crippen molar-refractivity contribution in [3.8, 4) is 0 Å². The number of hydrogen-bond acceptors (Lipinski definition) is 0. The van der Waals surface area contributed by atoms with Crippen molar-refractivity contribution in [1.82, 2.24) is 0 Å². The number of hydrogen-bond donors (Lipinski definition) is 0. The highest BCUT2D eigenvalue weighted by Gasteiger charge is 2.12. The Hall–Kier alpha value is -0.520. The predicted octanol–water partition coefficient (Wildman–Crippen LogP) is 3.06. The van der Waals surface area contributed by atoms with Gasteiger partial charge in [0.1, 0.15) is 0 Å². The first-order valence-corrected chi connectivity index (χ1v) is 3.69. The minimum absolute atomic E-state index is 1.16. The Bertz CT molecular complexity index is 143. The average Bonchev–Trinajstić information content (AvgIpc) is 2.63. The van der Waals surface area contributed by atoms with E-state index < -0.39 is 0 Å². The molecule has 0 N–H and O–H groups in total. The van der Waals surface area contributed by atoms with E-state index in [1.165, 1.54) is 18.4 Å². The van der Waals surface area contributed by atoms with Crippen molar-refractivity contribution in [1.29, 1.82) is 0 Å². The monoisotopic (exact) mass is 122 g/mol. The van der Waals surface area contributed by atoms with Crippen molar-refractivity contribution in [3.05, 3.63) is 23.3 Å². The van der Waals surface area contributed by atoms with Crippen molar-refractivity contribution in [2.24, 2.45) is 0 Å². The van der Waals surface area contributed by atoms with Gasteiger partial charge in [-0.05, 0) is 26.2 Å². The topological polar surface area (TPSA) is 0 Å². The fraction of sp³-hybridized carbons (Fsp3) is 0.556. The van der Waals surface area contributed by atoms with Crippen LogP contribution in [0.2, 0.25) is 0 Å². The highest BCUT2D eigenvalue weighted by atomic mass is 14.2. The Balaban J connectivity index is 2.43.